The number of H-pyrrole nitrogens is 1. The lowest BCUT2D eigenvalue weighted by Gasteiger charge is -2.27. The van der Waals surface area contributed by atoms with Crippen LogP contribution in [-0.2, 0) is 12.0 Å². The van der Waals surface area contributed by atoms with Crippen molar-refractivity contribution in [3.05, 3.63) is 42.0 Å². The number of fused-ring (bicyclic) bond motifs is 1. The largest absolute Gasteiger partial charge is 0.486 e. The minimum atomic E-state index is 0.00241. The Morgan fingerprint density at radius 3 is 2.81 bits per heavy atom. The van der Waals surface area contributed by atoms with Gasteiger partial charge >= 0.3 is 0 Å². The molecular weight excluding hydrogens is 266 g/mol. The summed E-state index contributed by atoms with van der Waals surface area (Å²) in [5.41, 5.74) is 1.24. The van der Waals surface area contributed by atoms with Gasteiger partial charge in [-0.1, -0.05) is 19.9 Å². The molecule has 0 atom stereocenters. The lowest BCUT2D eigenvalue weighted by Crippen LogP contribution is -2.33. The topological polar surface area (TPSA) is 59.2 Å². The summed E-state index contributed by atoms with van der Waals surface area (Å²) in [6, 6.07) is 6.20. The second-order valence-electron chi connectivity index (χ2n) is 5.88. The van der Waals surface area contributed by atoms with Gasteiger partial charge in [0.1, 0.15) is 19.0 Å². The summed E-state index contributed by atoms with van der Waals surface area (Å²) in [6.45, 7) is 7.27. The Kier molecular flexibility index (Phi) is 3.84. The maximum atomic E-state index is 5.66. The number of rotatable bonds is 5. The fourth-order valence-electron chi connectivity index (χ4n) is 2.45. The van der Waals surface area contributed by atoms with E-state index in [2.05, 4.69) is 41.3 Å². The fraction of sp³-hybridized carbons (Fsp3) is 0.438. The first kappa shape index (κ1) is 13.9. The van der Waals surface area contributed by atoms with Crippen LogP contribution in [-0.4, -0.2) is 29.7 Å². The molecule has 0 unspecified atom stereocenters. The summed E-state index contributed by atoms with van der Waals surface area (Å²) in [7, 11) is 0. The molecule has 0 saturated heterocycles. The van der Waals surface area contributed by atoms with Gasteiger partial charge in [0.2, 0.25) is 0 Å². The number of aromatic amines is 1. The first-order chi connectivity index (χ1) is 10.1. The van der Waals surface area contributed by atoms with Crippen molar-refractivity contribution >= 4 is 0 Å². The summed E-state index contributed by atoms with van der Waals surface area (Å²) >= 11 is 0. The molecule has 112 valence electrons. The van der Waals surface area contributed by atoms with Gasteiger partial charge < -0.3 is 19.8 Å². The van der Waals surface area contributed by atoms with Crippen molar-refractivity contribution in [3.8, 4) is 11.5 Å². The van der Waals surface area contributed by atoms with Crippen LogP contribution in [0.1, 0.15) is 25.2 Å². The highest BCUT2D eigenvalue weighted by Crippen LogP contribution is 2.34. The molecule has 0 aliphatic carbocycles. The molecule has 1 aliphatic heterocycles. The van der Waals surface area contributed by atoms with Crippen molar-refractivity contribution in [2.75, 3.05) is 19.8 Å². The second kappa shape index (κ2) is 5.77. The van der Waals surface area contributed by atoms with Crippen molar-refractivity contribution < 1.29 is 9.47 Å². The van der Waals surface area contributed by atoms with Gasteiger partial charge in [-0.15, -0.1) is 0 Å². The number of hydrogen-bond acceptors (Lipinski definition) is 4. The molecule has 0 bridgehead atoms. The van der Waals surface area contributed by atoms with Crippen LogP contribution >= 0.6 is 0 Å². The Morgan fingerprint density at radius 2 is 2.05 bits per heavy atom. The van der Waals surface area contributed by atoms with Crippen molar-refractivity contribution in [2.24, 2.45) is 0 Å². The van der Waals surface area contributed by atoms with Crippen LogP contribution in [0.2, 0.25) is 0 Å². The molecule has 2 heterocycles. The number of imidazole rings is 1. The third-order valence-electron chi connectivity index (χ3n) is 3.74. The first-order valence-corrected chi connectivity index (χ1v) is 7.24. The van der Waals surface area contributed by atoms with Crippen LogP contribution in [0.25, 0.3) is 0 Å². The number of nitrogens with one attached hydrogen (secondary N) is 2. The van der Waals surface area contributed by atoms with E-state index in [1.807, 2.05) is 12.3 Å². The zero-order chi connectivity index (χ0) is 14.7. The monoisotopic (exact) mass is 287 g/mol. The van der Waals surface area contributed by atoms with E-state index in [1.165, 1.54) is 5.56 Å². The van der Waals surface area contributed by atoms with E-state index in [4.69, 9.17) is 9.47 Å². The standard InChI is InChI=1S/C16H21N3O2/c1-16(2,11-17-10-15-18-5-6-19-15)12-3-4-13-14(9-12)21-8-7-20-13/h3-6,9,17H,7-8,10-11H2,1-2H3,(H,18,19). The van der Waals surface area contributed by atoms with Gasteiger partial charge in [-0.3, -0.25) is 0 Å². The highest BCUT2D eigenvalue weighted by atomic mass is 16.6. The summed E-state index contributed by atoms with van der Waals surface area (Å²) in [5, 5.41) is 3.44. The van der Waals surface area contributed by atoms with Gasteiger partial charge in [0.15, 0.2) is 11.5 Å². The van der Waals surface area contributed by atoms with Crippen molar-refractivity contribution in [2.45, 2.75) is 25.8 Å². The minimum Gasteiger partial charge on any atom is -0.486 e. The third kappa shape index (κ3) is 3.19. The van der Waals surface area contributed by atoms with Crippen LogP contribution < -0.4 is 14.8 Å². The normalized spacial score (nSPS) is 14.2. The average molecular weight is 287 g/mol. The fourth-order valence-corrected chi connectivity index (χ4v) is 2.45. The Bertz CT molecular complexity index is 594. The summed E-state index contributed by atoms with van der Waals surface area (Å²) in [5.74, 6) is 2.63. The molecule has 3 rings (SSSR count). The molecule has 1 aliphatic rings. The zero-order valence-electron chi connectivity index (χ0n) is 12.5. The quantitative estimate of drug-likeness (QED) is 0.885. The van der Waals surface area contributed by atoms with E-state index >= 15 is 0 Å². The van der Waals surface area contributed by atoms with Crippen LogP contribution in [0.3, 0.4) is 0 Å². The van der Waals surface area contributed by atoms with Crippen LogP contribution in [0.4, 0.5) is 0 Å². The molecule has 5 heteroatoms. The molecule has 0 radical (unpaired) electrons. The smallest absolute Gasteiger partial charge is 0.161 e. The van der Waals surface area contributed by atoms with E-state index in [0.29, 0.717) is 13.2 Å². The summed E-state index contributed by atoms with van der Waals surface area (Å²) < 4.78 is 11.2. The second-order valence-corrected chi connectivity index (χ2v) is 5.88. The molecule has 0 amide bonds. The maximum Gasteiger partial charge on any atom is 0.161 e. The van der Waals surface area contributed by atoms with Crippen LogP contribution in [0.5, 0.6) is 11.5 Å². The first-order valence-electron chi connectivity index (χ1n) is 7.24. The molecular formula is C16H21N3O2. The van der Waals surface area contributed by atoms with Gasteiger partial charge in [-0.05, 0) is 17.7 Å². The predicted octanol–water partition coefficient (Wildman–Crippen LogP) is 2.25. The van der Waals surface area contributed by atoms with Gasteiger partial charge in [0.25, 0.3) is 0 Å². The molecule has 2 aromatic rings. The molecule has 1 aromatic heterocycles. The molecule has 21 heavy (non-hydrogen) atoms. The highest BCUT2D eigenvalue weighted by molar-refractivity contribution is 5.45. The molecule has 5 nitrogen and oxygen atoms in total. The number of aromatic nitrogens is 2. The Morgan fingerprint density at radius 1 is 1.24 bits per heavy atom. The van der Waals surface area contributed by atoms with Gasteiger partial charge in [0.05, 0.1) is 6.54 Å². The van der Waals surface area contributed by atoms with E-state index < -0.39 is 0 Å². The van der Waals surface area contributed by atoms with Crippen molar-refractivity contribution in [1.82, 2.24) is 15.3 Å². The Labute approximate surface area is 124 Å². The molecule has 0 saturated carbocycles. The summed E-state index contributed by atoms with van der Waals surface area (Å²) in [4.78, 5) is 7.31. The highest BCUT2D eigenvalue weighted by Gasteiger charge is 2.23. The number of nitrogens with zero attached hydrogens (tertiary/aromatic N) is 1. The van der Waals surface area contributed by atoms with E-state index in [1.54, 1.807) is 6.20 Å². The Hall–Kier alpha value is -2.01. The molecule has 0 spiro atoms. The Balaban J connectivity index is 1.66. The lowest BCUT2D eigenvalue weighted by atomic mass is 9.84. The lowest BCUT2D eigenvalue weighted by molar-refractivity contribution is 0.171. The van der Waals surface area contributed by atoms with Crippen LogP contribution in [0.15, 0.2) is 30.6 Å². The number of hydrogen-bond donors (Lipinski definition) is 2. The van der Waals surface area contributed by atoms with E-state index in [9.17, 15) is 0 Å². The predicted molar refractivity (Wildman–Crippen MR) is 80.8 cm³/mol. The number of ether oxygens (including phenoxy) is 2. The van der Waals surface area contributed by atoms with Gasteiger partial charge in [-0.25, -0.2) is 4.98 Å². The molecule has 2 N–H and O–H groups in total. The van der Waals surface area contributed by atoms with E-state index in [0.717, 1.165) is 30.4 Å². The van der Waals surface area contributed by atoms with Gasteiger partial charge in [0, 0.05) is 24.4 Å². The third-order valence-corrected chi connectivity index (χ3v) is 3.74. The maximum absolute atomic E-state index is 5.66. The van der Waals surface area contributed by atoms with Gasteiger partial charge in [-0.2, -0.15) is 0 Å². The average Bonchev–Trinajstić information content (AvgIpc) is 3.00. The molecule has 1 aromatic carbocycles. The van der Waals surface area contributed by atoms with Crippen molar-refractivity contribution in [1.29, 1.82) is 0 Å². The SMILES string of the molecule is CC(C)(CNCc1ncc[nH]1)c1ccc2c(c1)OCCO2. The van der Waals surface area contributed by atoms with Crippen LogP contribution in [0, 0.1) is 0 Å². The van der Waals surface area contributed by atoms with E-state index in [-0.39, 0.29) is 5.41 Å². The summed E-state index contributed by atoms with van der Waals surface area (Å²) in [6.07, 6.45) is 3.60. The molecule has 0 fully saturated rings. The van der Waals surface area contributed by atoms with Crippen molar-refractivity contribution in [3.63, 3.8) is 0 Å². The number of benzene rings is 1. The minimum absolute atomic E-state index is 0.00241. The zero-order valence-corrected chi connectivity index (χ0v) is 12.5.